The highest BCUT2D eigenvalue weighted by Gasteiger charge is 2.36. The van der Waals surface area contributed by atoms with Crippen LogP contribution >= 0.6 is 15.9 Å². The Bertz CT molecular complexity index is 1390. The molecule has 0 unspecified atom stereocenters. The van der Waals surface area contributed by atoms with Crippen LogP contribution in [0.4, 0.5) is 19.1 Å². The van der Waals surface area contributed by atoms with Crippen LogP contribution < -0.4 is 5.32 Å². The van der Waals surface area contributed by atoms with Crippen LogP contribution in [-0.4, -0.2) is 57.6 Å². The quantitative estimate of drug-likeness (QED) is 0.496. The molecule has 4 rings (SSSR count). The van der Waals surface area contributed by atoms with Crippen LogP contribution in [-0.2, 0) is 16.2 Å². The Balaban J connectivity index is 1.64. The van der Waals surface area contributed by atoms with E-state index in [1.165, 1.54) is 21.4 Å². The predicted octanol–water partition coefficient (Wildman–Crippen LogP) is 3.82. The van der Waals surface area contributed by atoms with E-state index >= 15 is 0 Å². The second kappa shape index (κ2) is 9.56. The van der Waals surface area contributed by atoms with Crippen molar-refractivity contribution in [1.82, 2.24) is 23.8 Å². The highest BCUT2D eigenvalue weighted by Crippen LogP contribution is 2.36. The summed E-state index contributed by atoms with van der Waals surface area (Å²) < 4.78 is 68.1. The monoisotopic (exact) mass is 569 g/mol. The molecule has 0 aliphatic carbocycles. The maximum Gasteiger partial charge on any atom is 0.420 e. The Kier molecular flexibility index (Phi) is 6.85. The molecular weight excluding hydrogens is 551 g/mol. The second-order valence-electron chi connectivity index (χ2n) is 7.97. The number of sulfonamides is 1. The van der Waals surface area contributed by atoms with E-state index in [2.05, 4.69) is 42.3 Å². The molecule has 0 saturated carbocycles. The fourth-order valence-corrected chi connectivity index (χ4v) is 5.00. The van der Waals surface area contributed by atoms with E-state index < -0.39 is 27.5 Å². The first-order chi connectivity index (χ1) is 16.5. The summed E-state index contributed by atoms with van der Waals surface area (Å²) in [5.41, 5.74) is -0.728. The minimum atomic E-state index is -4.71. The number of hydrogen-bond acceptors (Lipinski definition) is 7. The van der Waals surface area contributed by atoms with Gasteiger partial charge in [0.05, 0.1) is 17.5 Å². The number of nitriles is 1. The van der Waals surface area contributed by atoms with E-state index in [4.69, 9.17) is 0 Å². The maximum absolute atomic E-state index is 13.7. The smallest absolute Gasteiger partial charge is 0.351 e. The van der Waals surface area contributed by atoms with Crippen molar-refractivity contribution >= 4 is 31.9 Å². The Hall–Kier alpha value is -3.02. The third-order valence-electron chi connectivity index (χ3n) is 5.53. The second-order valence-corrected chi connectivity index (χ2v) is 10.9. The van der Waals surface area contributed by atoms with Crippen molar-refractivity contribution < 1.29 is 21.6 Å². The van der Waals surface area contributed by atoms with E-state index in [1.54, 1.807) is 18.2 Å². The number of benzene rings is 1. The van der Waals surface area contributed by atoms with Crippen LogP contribution in [0.3, 0.4) is 0 Å². The Morgan fingerprint density at radius 3 is 2.57 bits per heavy atom. The number of piperidine rings is 1. The lowest BCUT2D eigenvalue weighted by Gasteiger charge is -2.30. The van der Waals surface area contributed by atoms with Crippen LogP contribution in [0.25, 0.3) is 17.1 Å². The van der Waals surface area contributed by atoms with E-state index in [9.17, 15) is 26.9 Å². The zero-order chi connectivity index (χ0) is 25.4. The van der Waals surface area contributed by atoms with Crippen LogP contribution in [0.1, 0.15) is 24.0 Å². The van der Waals surface area contributed by atoms with Crippen LogP contribution in [0.5, 0.6) is 0 Å². The number of hydrogen-bond donors (Lipinski definition) is 1. The molecule has 1 aliphatic rings. The van der Waals surface area contributed by atoms with Gasteiger partial charge in [0.25, 0.3) is 0 Å². The fourth-order valence-electron chi connectivity index (χ4n) is 3.77. The van der Waals surface area contributed by atoms with Crippen molar-refractivity contribution in [3.05, 3.63) is 52.5 Å². The minimum Gasteiger partial charge on any atom is -0.351 e. The van der Waals surface area contributed by atoms with Crippen LogP contribution in [0.15, 0.2) is 41.4 Å². The van der Waals surface area contributed by atoms with Crippen molar-refractivity contribution in [3.8, 4) is 23.1 Å². The third-order valence-corrected chi connectivity index (χ3v) is 7.33. The lowest BCUT2D eigenvalue weighted by Crippen LogP contribution is -2.42. The number of nitrogens with zero attached hydrogens (tertiary/aromatic N) is 6. The first-order valence-corrected chi connectivity index (χ1v) is 13.0. The Labute approximate surface area is 207 Å². The van der Waals surface area contributed by atoms with Gasteiger partial charge in [-0.1, -0.05) is 15.9 Å². The molecule has 1 fully saturated rings. The molecule has 0 amide bonds. The summed E-state index contributed by atoms with van der Waals surface area (Å²) >= 11 is 3.29. The highest BCUT2D eigenvalue weighted by atomic mass is 79.9. The molecule has 3 heterocycles. The zero-order valence-corrected chi connectivity index (χ0v) is 20.7. The Morgan fingerprint density at radius 2 is 1.94 bits per heavy atom. The van der Waals surface area contributed by atoms with Gasteiger partial charge in [-0.05, 0) is 31.0 Å². The molecule has 0 bridgehead atoms. The molecule has 0 spiro atoms. The van der Waals surface area contributed by atoms with Crippen molar-refractivity contribution in [2.24, 2.45) is 0 Å². The van der Waals surface area contributed by atoms with E-state index in [0.29, 0.717) is 47.9 Å². The molecule has 1 aromatic carbocycles. The van der Waals surface area contributed by atoms with Gasteiger partial charge in [-0.3, -0.25) is 0 Å². The van der Waals surface area contributed by atoms with E-state index in [1.807, 2.05) is 0 Å². The summed E-state index contributed by atoms with van der Waals surface area (Å²) in [4.78, 5) is 12.1. The van der Waals surface area contributed by atoms with Gasteiger partial charge in [-0.2, -0.15) is 18.4 Å². The van der Waals surface area contributed by atoms with Crippen molar-refractivity contribution in [3.63, 3.8) is 0 Å². The van der Waals surface area contributed by atoms with Gasteiger partial charge >= 0.3 is 6.18 Å². The molecule has 2 aromatic heterocycles. The Morgan fingerprint density at radius 1 is 1.23 bits per heavy atom. The molecule has 184 valence electrons. The predicted molar refractivity (Wildman–Crippen MR) is 125 cm³/mol. The topological polar surface area (TPSA) is 117 Å². The first kappa shape index (κ1) is 25.1. The summed E-state index contributed by atoms with van der Waals surface area (Å²) in [6.45, 7) is 0.589. The van der Waals surface area contributed by atoms with Gasteiger partial charge in [-0.25, -0.2) is 27.7 Å². The van der Waals surface area contributed by atoms with Crippen LogP contribution in [0.2, 0.25) is 0 Å². The first-order valence-electron chi connectivity index (χ1n) is 10.4. The summed E-state index contributed by atoms with van der Waals surface area (Å²) in [5, 5.41) is 12.4. The molecule has 1 saturated heterocycles. The number of imidazole rings is 1. The van der Waals surface area contributed by atoms with Gasteiger partial charge in [0.15, 0.2) is 0 Å². The molecule has 35 heavy (non-hydrogen) atoms. The summed E-state index contributed by atoms with van der Waals surface area (Å²) in [6.07, 6.45) is 0.734. The standard InChI is InChI=1S/C21H19BrF3N7O2S/c1-35(33,34)32-6-4-15(5-7-32)29-20-27-10-16(21(23,24)25)19(30-20)17-11-31(12-28-17)18-3-2-14(22)8-13(18)9-26/h2-3,8,10-12,15H,4-7H2,1H3,(H,27,29,30). The average molecular weight is 570 g/mol. The third kappa shape index (κ3) is 5.63. The molecule has 1 N–H and O–H groups in total. The fraction of sp³-hybridized carbons (Fsp3) is 0.333. The van der Waals surface area contributed by atoms with E-state index in [-0.39, 0.29) is 17.7 Å². The van der Waals surface area contributed by atoms with Crippen molar-refractivity contribution in [1.29, 1.82) is 5.26 Å². The van der Waals surface area contributed by atoms with Gasteiger partial charge in [-0.15, -0.1) is 0 Å². The van der Waals surface area contributed by atoms with Crippen LogP contribution in [0, 0.1) is 11.3 Å². The number of nitrogens with one attached hydrogen (secondary N) is 1. The summed E-state index contributed by atoms with van der Waals surface area (Å²) in [5.74, 6) is -0.0123. The van der Waals surface area contributed by atoms with Gasteiger partial charge < -0.3 is 9.88 Å². The maximum atomic E-state index is 13.7. The molecule has 9 nitrogen and oxygen atoms in total. The number of aromatic nitrogens is 4. The number of anilines is 1. The molecule has 1 aliphatic heterocycles. The molecule has 0 radical (unpaired) electrons. The molecular formula is C21H19BrF3N7O2S. The summed E-state index contributed by atoms with van der Waals surface area (Å²) in [7, 11) is -3.30. The number of alkyl halides is 3. The van der Waals surface area contributed by atoms with Gasteiger partial charge in [0, 0.05) is 36.0 Å². The lowest BCUT2D eigenvalue weighted by molar-refractivity contribution is -0.137. The largest absolute Gasteiger partial charge is 0.420 e. The molecule has 14 heteroatoms. The number of halogens is 4. The molecule has 3 aromatic rings. The zero-order valence-electron chi connectivity index (χ0n) is 18.3. The van der Waals surface area contributed by atoms with Crippen molar-refractivity contribution in [2.75, 3.05) is 24.7 Å². The van der Waals surface area contributed by atoms with Gasteiger partial charge in [0.2, 0.25) is 16.0 Å². The normalized spacial score (nSPS) is 15.7. The van der Waals surface area contributed by atoms with Crippen molar-refractivity contribution in [2.45, 2.75) is 25.1 Å². The number of rotatable bonds is 5. The SMILES string of the molecule is CS(=O)(=O)N1CCC(Nc2ncc(C(F)(F)F)c(-c3cn(-c4ccc(Br)cc4C#N)cn3)n2)CC1. The lowest BCUT2D eigenvalue weighted by atomic mass is 10.1. The molecule has 0 atom stereocenters. The highest BCUT2D eigenvalue weighted by molar-refractivity contribution is 9.10. The van der Waals surface area contributed by atoms with Gasteiger partial charge in [0.1, 0.15) is 29.3 Å². The average Bonchev–Trinajstić information content (AvgIpc) is 3.28. The summed E-state index contributed by atoms with van der Waals surface area (Å²) in [6, 6.07) is 6.80. The van der Waals surface area contributed by atoms with E-state index in [0.717, 1.165) is 6.26 Å². The minimum absolute atomic E-state index is 0.0123.